The summed E-state index contributed by atoms with van der Waals surface area (Å²) in [4.78, 5) is 0. The third-order valence-corrected chi connectivity index (χ3v) is 4.22. The summed E-state index contributed by atoms with van der Waals surface area (Å²) in [6, 6.07) is 5.24. The highest BCUT2D eigenvalue weighted by Gasteiger charge is 2.34. The molecule has 0 bridgehead atoms. The van der Waals surface area contributed by atoms with Crippen LogP contribution in [0.25, 0.3) is 0 Å². The van der Waals surface area contributed by atoms with E-state index < -0.39 is 0 Å². The molecule has 3 rings (SSSR count). The molecule has 2 N–H and O–H groups in total. The maximum absolute atomic E-state index is 13.7. The summed E-state index contributed by atoms with van der Waals surface area (Å²) >= 11 is 0. The number of fused-ring (bicyclic) bond motifs is 1. The lowest BCUT2D eigenvalue weighted by molar-refractivity contribution is 0.224. The summed E-state index contributed by atoms with van der Waals surface area (Å²) in [5.74, 6) is -0.150. The first-order chi connectivity index (χ1) is 8.29. The van der Waals surface area contributed by atoms with Crippen molar-refractivity contribution in [1.29, 1.82) is 0 Å². The molecule has 1 heterocycles. The van der Waals surface area contributed by atoms with Gasteiger partial charge >= 0.3 is 0 Å². The fourth-order valence-corrected chi connectivity index (χ4v) is 3.13. The number of nitrogens with one attached hydrogen (secondary N) is 2. The smallest absolute Gasteiger partial charge is 0.148 e. The first kappa shape index (κ1) is 10.9. The third-order valence-electron chi connectivity index (χ3n) is 4.22. The van der Waals surface area contributed by atoms with Gasteiger partial charge in [0.2, 0.25) is 0 Å². The van der Waals surface area contributed by atoms with Crippen LogP contribution in [0.4, 0.5) is 15.8 Å². The van der Waals surface area contributed by atoms with E-state index in [4.69, 9.17) is 0 Å². The number of rotatable bonds is 0. The standard InChI is InChI=1S/C14H19FN2/c15-11-5-4-6-12-13(11)17-10-14(9-16-12)7-2-1-3-8-14/h4-6,16-17H,1-3,7-10H2. The highest BCUT2D eigenvalue weighted by Crippen LogP contribution is 2.40. The second-order valence-electron chi connectivity index (χ2n) is 5.43. The normalized spacial score (nSPS) is 22.2. The van der Waals surface area contributed by atoms with Crippen LogP contribution in [0.5, 0.6) is 0 Å². The van der Waals surface area contributed by atoms with Crippen LogP contribution in [0, 0.1) is 11.2 Å². The Balaban J connectivity index is 1.85. The van der Waals surface area contributed by atoms with Crippen LogP contribution in [-0.4, -0.2) is 13.1 Å². The fourth-order valence-electron chi connectivity index (χ4n) is 3.13. The predicted octanol–water partition coefficient (Wildman–Crippen LogP) is 3.61. The minimum atomic E-state index is -0.150. The molecule has 0 unspecified atom stereocenters. The highest BCUT2D eigenvalue weighted by atomic mass is 19.1. The molecule has 0 aromatic heterocycles. The largest absolute Gasteiger partial charge is 0.383 e. The lowest BCUT2D eigenvalue weighted by Crippen LogP contribution is -2.36. The van der Waals surface area contributed by atoms with E-state index in [1.165, 1.54) is 38.2 Å². The minimum absolute atomic E-state index is 0.150. The van der Waals surface area contributed by atoms with E-state index in [2.05, 4.69) is 10.6 Å². The molecule has 17 heavy (non-hydrogen) atoms. The van der Waals surface area contributed by atoms with Gasteiger partial charge in [-0.3, -0.25) is 0 Å². The Morgan fingerprint density at radius 1 is 1.00 bits per heavy atom. The van der Waals surface area contributed by atoms with Gasteiger partial charge in [-0.1, -0.05) is 25.3 Å². The van der Waals surface area contributed by atoms with Gasteiger partial charge < -0.3 is 10.6 Å². The van der Waals surface area contributed by atoms with Crippen LogP contribution in [0.1, 0.15) is 32.1 Å². The molecule has 1 aliphatic carbocycles. The predicted molar refractivity (Wildman–Crippen MR) is 68.9 cm³/mol. The Morgan fingerprint density at radius 3 is 2.59 bits per heavy atom. The van der Waals surface area contributed by atoms with E-state index >= 15 is 0 Å². The molecular formula is C14H19FN2. The Hall–Kier alpha value is -1.25. The zero-order valence-corrected chi connectivity index (χ0v) is 10.1. The van der Waals surface area contributed by atoms with E-state index in [0.717, 1.165) is 18.8 Å². The molecule has 1 spiro atoms. The Morgan fingerprint density at radius 2 is 1.76 bits per heavy atom. The van der Waals surface area contributed by atoms with Crippen LogP contribution in [-0.2, 0) is 0 Å². The molecule has 1 aromatic carbocycles. The molecule has 2 nitrogen and oxygen atoms in total. The Labute approximate surface area is 102 Å². The number of hydrogen-bond donors (Lipinski definition) is 2. The van der Waals surface area contributed by atoms with Gasteiger partial charge in [0.15, 0.2) is 0 Å². The van der Waals surface area contributed by atoms with Crippen molar-refractivity contribution in [3.8, 4) is 0 Å². The molecule has 1 aliphatic heterocycles. The number of anilines is 2. The average Bonchev–Trinajstić information content (AvgIpc) is 2.53. The molecule has 0 amide bonds. The molecule has 0 saturated heterocycles. The van der Waals surface area contributed by atoms with E-state index in [0.29, 0.717) is 11.1 Å². The summed E-state index contributed by atoms with van der Waals surface area (Å²) in [5, 5.41) is 6.74. The van der Waals surface area contributed by atoms with E-state index in [9.17, 15) is 4.39 Å². The first-order valence-corrected chi connectivity index (χ1v) is 6.55. The van der Waals surface area contributed by atoms with Gasteiger partial charge in [0.05, 0.1) is 11.4 Å². The Bertz CT molecular complexity index is 411. The van der Waals surface area contributed by atoms with Crippen molar-refractivity contribution in [1.82, 2.24) is 0 Å². The molecule has 2 aliphatic rings. The highest BCUT2D eigenvalue weighted by molar-refractivity contribution is 5.70. The van der Waals surface area contributed by atoms with Crippen molar-refractivity contribution in [2.24, 2.45) is 5.41 Å². The van der Waals surface area contributed by atoms with Crippen LogP contribution in [0.3, 0.4) is 0 Å². The van der Waals surface area contributed by atoms with Crippen molar-refractivity contribution < 1.29 is 4.39 Å². The zero-order chi connectivity index (χ0) is 11.7. The second-order valence-corrected chi connectivity index (χ2v) is 5.43. The third kappa shape index (κ3) is 1.99. The molecule has 1 saturated carbocycles. The van der Waals surface area contributed by atoms with E-state index in [-0.39, 0.29) is 5.82 Å². The minimum Gasteiger partial charge on any atom is -0.383 e. The topological polar surface area (TPSA) is 24.1 Å². The van der Waals surface area contributed by atoms with Gasteiger partial charge in [-0.25, -0.2) is 4.39 Å². The summed E-state index contributed by atoms with van der Waals surface area (Å²) < 4.78 is 13.7. The number of para-hydroxylation sites is 1. The molecule has 92 valence electrons. The molecular weight excluding hydrogens is 215 g/mol. The fraction of sp³-hybridized carbons (Fsp3) is 0.571. The maximum Gasteiger partial charge on any atom is 0.148 e. The Kier molecular flexibility index (Phi) is 2.69. The summed E-state index contributed by atoms with van der Waals surface area (Å²) in [5.41, 5.74) is 1.88. The number of hydrogen-bond acceptors (Lipinski definition) is 2. The van der Waals surface area contributed by atoms with Gasteiger partial charge in [0, 0.05) is 18.5 Å². The summed E-state index contributed by atoms with van der Waals surface area (Å²) in [6.07, 6.45) is 6.47. The molecule has 1 aromatic rings. The van der Waals surface area contributed by atoms with Gasteiger partial charge in [-0.15, -0.1) is 0 Å². The van der Waals surface area contributed by atoms with Crippen molar-refractivity contribution in [2.75, 3.05) is 23.7 Å². The van der Waals surface area contributed by atoms with Crippen molar-refractivity contribution >= 4 is 11.4 Å². The monoisotopic (exact) mass is 234 g/mol. The van der Waals surface area contributed by atoms with Crippen molar-refractivity contribution in [2.45, 2.75) is 32.1 Å². The van der Waals surface area contributed by atoms with Crippen molar-refractivity contribution in [3.63, 3.8) is 0 Å². The van der Waals surface area contributed by atoms with Crippen LogP contribution in [0.15, 0.2) is 18.2 Å². The molecule has 0 radical (unpaired) electrons. The van der Waals surface area contributed by atoms with Crippen LogP contribution < -0.4 is 10.6 Å². The summed E-state index contributed by atoms with van der Waals surface area (Å²) in [7, 11) is 0. The molecule has 0 atom stereocenters. The zero-order valence-electron chi connectivity index (χ0n) is 10.1. The van der Waals surface area contributed by atoms with E-state index in [1.54, 1.807) is 6.07 Å². The van der Waals surface area contributed by atoms with E-state index in [1.807, 2.05) is 6.07 Å². The first-order valence-electron chi connectivity index (χ1n) is 6.55. The van der Waals surface area contributed by atoms with Crippen LogP contribution >= 0.6 is 0 Å². The average molecular weight is 234 g/mol. The second kappa shape index (κ2) is 4.21. The lowest BCUT2D eigenvalue weighted by Gasteiger charge is -2.36. The summed E-state index contributed by atoms with van der Waals surface area (Å²) in [6.45, 7) is 1.87. The number of halogens is 1. The molecule has 3 heteroatoms. The number of benzene rings is 1. The van der Waals surface area contributed by atoms with Crippen LogP contribution in [0.2, 0.25) is 0 Å². The van der Waals surface area contributed by atoms with Crippen molar-refractivity contribution in [3.05, 3.63) is 24.0 Å². The quantitative estimate of drug-likeness (QED) is 0.716. The lowest BCUT2D eigenvalue weighted by atomic mass is 9.74. The maximum atomic E-state index is 13.7. The van der Waals surface area contributed by atoms with Gasteiger partial charge in [-0.2, -0.15) is 0 Å². The SMILES string of the molecule is Fc1cccc2c1NCC1(CCCCC1)CN2. The van der Waals surface area contributed by atoms with Gasteiger partial charge in [0.1, 0.15) is 5.82 Å². The van der Waals surface area contributed by atoms with Gasteiger partial charge in [-0.05, 0) is 25.0 Å². The van der Waals surface area contributed by atoms with Gasteiger partial charge in [0.25, 0.3) is 0 Å². The molecule has 1 fully saturated rings.